The molecule has 0 amide bonds. The molecule has 188 valence electrons. The number of pyridine rings is 2. The molecule has 0 saturated carbocycles. The van der Waals surface area contributed by atoms with Crippen molar-refractivity contribution in [1.82, 2.24) is 14.9 Å². The van der Waals surface area contributed by atoms with Crippen molar-refractivity contribution in [1.29, 1.82) is 0 Å². The van der Waals surface area contributed by atoms with Crippen LogP contribution in [0, 0.1) is 6.92 Å². The van der Waals surface area contributed by atoms with Gasteiger partial charge in [-0.05, 0) is 61.9 Å². The maximum absolute atomic E-state index is 13.6. The molecule has 1 aromatic carbocycles. The number of ether oxygens (including phenoxy) is 1. The first-order chi connectivity index (χ1) is 17.2. The van der Waals surface area contributed by atoms with Crippen LogP contribution in [0.25, 0.3) is 22.3 Å². The molecular weight excluding hydrogens is 482 g/mol. The number of benzene rings is 1. The minimum Gasteiger partial charge on any atom is -0.458 e. The number of carbonyl (C=O) groups is 1. The Hall–Kier alpha value is -2.78. The van der Waals surface area contributed by atoms with Gasteiger partial charge in [0, 0.05) is 34.1 Å². The number of hydrogen-bond acceptors (Lipinski definition) is 7. The molecule has 1 aliphatic carbocycles. The molecule has 3 aromatic rings. The summed E-state index contributed by atoms with van der Waals surface area (Å²) in [4.78, 5) is 31.1. The van der Waals surface area contributed by atoms with Crippen LogP contribution in [0.1, 0.15) is 66.1 Å². The number of aryl methyl sites for hydroxylation is 1. The number of halogens is 1. The van der Waals surface area contributed by atoms with Crippen LogP contribution >= 0.6 is 11.6 Å². The van der Waals surface area contributed by atoms with E-state index >= 15 is 0 Å². The highest BCUT2D eigenvalue weighted by molar-refractivity contribution is 6.32. The number of aromatic nitrogens is 2. The number of nitrogens with one attached hydrogen (secondary N) is 1. The summed E-state index contributed by atoms with van der Waals surface area (Å²) in [5, 5.41) is 26.3. The van der Waals surface area contributed by atoms with Crippen LogP contribution in [0.15, 0.2) is 16.9 Å². The first-order valence-corrected chi connectivity index (χ1v) is 12.8. The van der Waals surface area contributed by atoms with Crippen molar-refractivity contribution in [3.8, 4) is 11.4 Å². The fraction of sp³-hybridized carbons (Fsp3) is 0.444. The molecular formula is C27H28ClN3O5. The number of esters is 1. The second-order valence-electron chi connectivity index (χ2n) is 10.2. The monoisotopic (exact) mass is 509 g/mol. The van der Waals surface area contributed by atoms with Crippen LogP contribution in [0.5, 0.6) is 0 Å². The van der Waals surface area contributed by atoms with Gasteiger partial charge < -0.3 is 24.8 Å². The standard InChI is InChI=1S/C27H28ClN3O5/c1-4-27(35)17-7-21-24-15(10-31(21)25(33)16(17)11-36-26(27)34)23-19(29-9-12(2)32)6-5-14-13(3)18(28)8-20(30-24)22(14)23/h7-8,12,19,29,32,35H,4-6,9-11H2,1-3H3/t12-,19+,27+/m1/s1. The summed E-state index contributed by atoms with van der Waals surface area (Å²) < 4.78 is 6.86. The zero-order valence-electron chi connectivity index (χ0n) is 20.4. The first kappa shape index (κ1) is 23.6. The zero-order chi connectivity index (χ0) is 25.5. The Kier molecular flexibility index (Phi) is 5.32. The van der Waals surface area contributed by atoms with E-state index in [0.717, 1.165) is 40.4 Å². The van der Waals surface area contributed by atoms with Crippen LogP contribution in [-0.2, 0) is 34.7 Å². The van der Waals surface area contributed by atoms with Gasteiger partial charge in [-0.15, -0.1) is 0 Å². The SMILES string of the molecule is CC[C@@]1(O)C(=O)OCc2c1cc1n(c2=O)Cc2c-1nc1cc(Cl)c(C)c3c1c2[C@@H](NC[C@@H](C)O)CC3. The molecule has 0 saturated heterocycles. The number of fused-ring (bicyclic) bond motifs is 5. The maximum Gasteiger partial charge on any atom is 0.343 e. The molecule has 0 spiro atoms. The summed E-state index contributed by atoms with van der Waals surface area (Å²) in [7, 11) is 0. The summed E-state index contributed by atoms with van der Waals surface area (Å²) in [6.07, 6.45) is 1.25. The Labute approximate surface area is 212 Å². The molecule has 4 heterocycles. The lowest BCUT2D eigenvalue weighted by molar-refractivity contribution is -0.172. The van der Waals surface area contributed by atoms with Crippen LogP contribution in [0.4, 0.5) is 0 Å². The van der Waals surface area contributed by atoms with E-state index in [1.807, 2.05) is 13.0 Å². The Morgan fingerprint density at radius 2 is 2.08 bits per heavy atom. The van der Waals surface area contributed by atoms with Crippen LogP contribution in [-0.4, -0.2) is 38.4 Å². The third-order valence-corrected chi connectivity index (χ3v) is 8.43. The number of aliphatic hydroxyl groups excluding tert-OH is 1. The molecule has 8 nitrogen and oxygen atoms in total. The molecule has 9 heteroatoms. The zero-order valence-corrected chi connectivity index (χ0v) is 21.2. The molecule has 0 unspecified atom stereocenters. The molecule has 2 aromatic heterocycles. The average Bonchev–Trinajstić information content (AvgIpc) is 3.22. The third-order valence-electron chi connectivity index (χ3n) is 8.04. The molecule has 3 aliphatic rings. The molecule has 0 bridgehead atoms. The van der Waals surface area contributed by atoms with E-state index in [9.17, 15) is 19.8 Å². The van der Waals surface area contributed by atoms with Crippen molar-refractivity contribution in [2.24, 2.45) is 0 Å². The lowest BCUT2D eigenvalue weighted by Gasteiger charge is -2.31. The van der Waals surface area contributed by atoms with E-state index < -0.39 is 17.7 Å². The summed E-state index contributed by atoms with van der Waals surface area (Å²) in [5.74, 6) is -0.740. The molecule has 3 atom stereocenters. The number of rotatable bonds is 4. The lowest BCUT2D eigenvalue weighted by Crippen LogP contribution is -2.44. The Morgan fingerprint density at radius 3 is 2.81 bits per heavy atom. The Balaban J connectivity index is 1.64. The highest BCUT2D eigenvalue weighted by atomic mass is 35.5. The van der Waals surface area contributed by atoms with Gasteiger partial charge in [-0.2, -0.15) is 0 Å². The van der Waals surface area contributed by atoms with Gasteiger partial charge in [0.1, 0.15) is 6.61 Å². The molecule has 0 radical (unpaired) electrons. The number of nitrogens with zero attached hydrogens (tertiary/aromatic N) is 2. The normalized spacial score (nSPS) is 22.7. The number of hydrogen-bond donors (Lipinski definition) is 3. The molecule has 2 aliphatic heterocycles. The lowest BCUT2D eigenvalue weighted by atomic mass is 9.81. The van der Waals surface area contributed by atoms with Crippen molar-refractivity contribution >= 4 is 28.5 Å². The van der Waals surface area contributed by atoms with E-state index in [-0.39, 0.29) is 24.6 Å². The van der Waals surface area contributed by atoms with Gasteiger partial charge in [0.05, 0.1) is 35.1 Å². The van der Waals surface area contributed by atoms with Gasteiger partial charge in [0.25, 0.3) is 5.56 Å². The number of cyclic esters (lactones) is 1. The van der Waals surface area contributed by atoms with Crippen molar-refractivity contribution in [3.63, 3.8) is 0 Å². The second kappa shape index (κ2) is 8.11. The van der Waals surface area contributed by atoms with Crippen LogP contribution in [0.2, 0.25) is 5.02 Å². The van der Waals surface area contributed by atoms with Gasteiger partial charge in [-0.1, -0.05) is 18.5 Å². The number of aliphatic hydroxyl groups is 2. The average molecular weight is 510 g/mol. The highest BCUT2D eigenvalue weighted by Gasteiger charge is 2.45. The van der Waals surface area contributed by atoms with Gasteiger partial charge in [0.2, 0.25) is 0 Å². The summed E-state index contributed by atoms with van der Waals surface area (Å²) in [6.45, 7) is 6.07. The Bertz CT molecular complexity index is 1530. The predicted molar refractivity (Wildman–Crippen MR) is 135 cm³/mol. The topological polar surface area (TPSA) is 114 Å². The van der Waals surface area contributed by atoms with Gasteiger partial charge in [-0.25, -0.2) is 9.78 Å². The van der Waals surface area contributed by atoms with E-state index in [1.165, 1.54) is 5.56 Å². The predicted octanol–water partition coefficient (Wildman–Crippen LogP) is 3.00. The second-order valence-corrected chi connectivity index (χ2v) is 10.6. The van der Waals surface area contributed by atoms with Crippen molar-refractivity contribution < 1.29 is 19.7 Å². The fourth-order valence-corrected chi connectivity index (χ4v) is 6.29. The third kappa shape index (κ3) is 3.14. The molecule has 6 rings (SSSR count). The van der Waals surface area contributed by atoms with E-state index in [1.54, 1.807) is 24.5 Å². The largest absolute Gasteiger partial charge is 0.458 e. The van der Waals surface area contributed by atoms with Gasteiger partial charge >= 0.3 is 5.97 Å². The van der Waals surface area contributed by atoms with Crippen molar-refractivity contribution in [2.75, 3.05) is 6.54 Å². The Morgan fingerprint density at radius 1 is 1.31 bits per heavy atom. The van der Waals surface area contributed by atoms with Crippen molar-refractivity contribution in [3.05, 3.63) is 60.9 Å². The minimum atomic E-state index is -1.87. The van der Waals surface area contributed by atoms with Crippen molar-refractivity contribution in [2.45, 2.75) is 70.9 Å². The summed E-state index contributed by atoms with van der Waals surface area (Å²) >= 11 is 6.60. The molecule has 36 heavy (non-hydrogen) atoms. The molecule has 0 fully saturated rings. The fourth-order valence-electron chi connectivity index (χ4n) is 6.07. The quantitative estimate of drug-likeness (QED) is 0.362. The van der Waals surface area contributed by atoms with Crippen LogP contribution in [0.3, 0.4) is 0 Å². The highest BCUT2D eigenvalue weighted by Crippen LogP contribution is 2.46. The smallest absolute Gasteiger partial charge is 0.343 e. The van der Waals surface area contributed by atoms with E-state index in [2.05, 4.69) is 5.32 Å². The summed E-state index contributed by atoms with van der Waals surface area (Å²) in [6, 6.07) is 3.58. The van der Waals surface area contributed by atoms with Crippen LogP contribution < -0.4 is 10.9 Å². The van der Waals surface area contributed by atoms with Gasteiger partial charge in [-0.3, -0.25) is 4.79 Å². The minimum absolute atomic E-state index is 0.0240. The van der Waals surface area contributed by atoms with E-state index in [4.69, 9.17) is 21.3 Å². The number of carbonyl (C=O) groups excluding carboxylic acids is 1. The summed E-state index contributed by atoms with van der Waals surface area (Å²) in [5.41, 5.74) is 4.66. The van der Waals surface area contributed by atoms with E-state index in [0.29, 0.717) is 40.6 Å². The maximum atomic E-state index is 13.6. The molecule has 3 N–H and O–H groups in total. The van der Waals surface area contributed by atoms with Gasteiger partial charge in [0.15, 0.2) is 5.60 Å². The first-order valence-electron chi connectivity index (χ1n) is 12.4.